The van der Waals surface area contributed by atoms with E-state index in [2.05, 4.69) is 10.3 Å². The summed E-state index contributed by atoms with van der Waals surface area (Å²) in [5.74, 6) is 0. The molecule has 1 atom stereocenters. The molecule has 1 unspecified atom stereocenters. The first-order valence-corrected chi connectivity index (χ1v) is 10.8. The Morgan fingerprint density at radius 2 is 1.56 bits per heavy atom. The Hall–Kier alpha value is -2.27. The first-order chi connectivity index (χ1) is 13.1. The second kappa shape index (κ2) is 9.09. The molecule has 1 heterocycles. The molecule has 142 valence electrons. The molecule has 27 heavy (non-hydrogen) atoms. The summed E-state index contributed by atoms with van der Waals surface area (Å²) >= 11 is 0. The minimum Gasteiger partial charge on any atom is -0.309 e. The minimum atomic E-state index is -3.26. The molecule has 0 aliphatic carbocycles. The molecule has 1 aromatic heterocycles. The van der Waals surface area contributed by atoms with Crippen molar-refractivity contribution >= 4 is 7.60 Å². The zero-order chi connectivity index (χ0) is 19.1. The number of nitrogens with zero attached hydrogens (tertiary/aromatic N) is 3. The summed E-state index contributed by atoms with van der Waals surface area (Å²) in [7, 11) is -3.26. The molecule has 2 aromatic carbocycles. The number of benzene rings is 2. The topological polar surface area (TPSA) is 66.2 Å². The molecule has 3 rings (SSSR count). The predicted octanol–water partition coefficient (Wildman–Crippen LogP) is 4.80. The van der Waals surface area contributed by atoms with Crippen molar-refractivity contribution in [1.82, 2.24) is 15.0 Å². The van der Waals surface area contributed by atoms with Gasteiger partial charge in [0.2, 0.25) is 0 Å². The second-order valence-electron chi connectivity index (χ2n) is 6.01. The Morgan fingerprint density at radius 1 is 0.963 bits per heavy atom. The van der Waals surface area contributed by atoms with E-state index in [0.29, 0.717) is 13.2 Å². The molecule has 0 saturated heterocycles. The van der Waals surface area contributed by atoms with Gasteiger partial charge in [0.1, 0.15) is 5.69 Å². The standard InChI is InChI=1S/C20H24N3O3P/c1-3-25-27(24,26-4-2)16-20(18-13-9-6-10-14-18)23-15-19(21-22-23)17-11-7-5-8-12-17/h5-15,20H,3-4,16H2,1-2H3. The monoisotopic (exact) mass is 385 g/mol. The minimum absolute atomic E-state index is 0.191. The Labute approximate surface area is 159 Å². The van der Waals surface area contributed by atoms with E-state index in [9.17, 15) is 4.57 Å². The van der Waals surface area contributed by atoms with Gasteiger partial charge in [-0.25, -0.2) is 4.68 Å². The van der Waals surface area contributed by atoms with Crippen LogP contribution in [0.4, 0.5) is 0 Å². The molecule has 0 aliphatic rings. The zero-order valence-corrected chi connectivity index (χ0v) is 16.5. The summed E-state index contributed by atoms with van der Waals surface area (Å²) in [5.41, 5.74) is 2.72. The van der Waals surface area contributed by atoms with Crippen LogP contribution < -0.4 is 0 Å². The number of hydrogen-bond acceptors (Lipinski definition) is 5. The highest BCUT2D eigenvalue weighted by Gasteiger charge is 2.31. The highest BCUT2D eigenvalue weighted by molar-refractivity contribution is 7.53. The van der Waals surface area contributed by atoms with E-state index >= 15 is 0 Å². The normalized spacial score (nSPS) is 12.8. The van der Waals surface area contributed by atoms with Crippen molar-refractivity contribution in [2.24, 2.45) is 0 Å². The third-order valence-electron chi connectivity index (χ3n) is 4.13. The van der Waals surface area contributed by atoms with Crippen molar-refractivity contribution in [3.8, 4) is 11.3 Å². The summed E-state index contributed by atoms with van der Waals surface area (Å²) < 4.78 is 25.9. The van der Waals surface area contributed by atoms with Gasteiger partial charge in [-0.2, -0.15) is 0 Å². The van der Waals surface area contributed by atoms with Gasteiger partial charge in [-0.3, -0.25) is 4.57 Å². The van der Waals surface area contributed by atoms with Gasteiger partial charge in [0, 0.05) is 5.56 Å². The Balaban J connectivity index is 1.96. The second-order valence-corrected chi connectivity index (χ2v) is 8.11. The fourth-order valence-electron chi connectivity index (χ4n) is 2.94. The van der Waals surface area contributed by atoms with E-state index in [1.807, 2.05) is 80.7 Å². The molecule has 6 nitrogen and oxygen atoms in total. The van der Waals surface area contributed by atoms with Crippen molar-refractivity contribution in [2.45, 2.75) is 19.9 Å². The largest absolute Gasteiger partial charge is 0.333 e. The van der Waals surface area contributed by atoms with Crippen LogP contribution in [-0.2, 0) is 13.6 Å². The van der Waals surface area contributed by atoms with E-state index in [4.69, 9.17) is 9.05 Å². The number of rotatable bonds is 9. The molecule has 3 aromatic rings. The van der Waals surface area contributed by atoms with Crippen LogP contribution in [0.15, 0.2) is 66.9 Å². The zero-order valence-electron chi connectivity index (χ0n) is 15.6. The first kappa shape index (κ1) is 19.5. The van der Waals surface area contributed by atoms with Crippen molar-refractivity contribution in [3.63, 3.8) is 0 Å². The van der Waals surface area contributed by atoms with Gasteiger partial charge in [-0.05, 0) is 19.4 Å². The molecule has 0 bridgehead atoms. The van der Waals surface area contributed by atoms with E-state index < -0.39 is 7.60 Å². The van der Waals surface area contributed by atoms with Crippen LogP contribution in [0.3, 0.4) is 0 Å². The molecule has 7 heteroatoms. The number of hydrogen-bond donors (Lipinski definition) is 0. The van der Waals surface area contributed by atoms with Gasteiger partial charge in [-0.15, -0.1) is 5.10 Å². The lowest BCUT2D eigenvalue weighted by molar-refractivity contribution is 0.217. The fraction of sp³-hybridized carbons (Fsp3) is 0.300. The third kappa shape index (κ3) is 4.92. The van der Waals surface area contributed by atoms with Crippen LogP contribution in [0.1, 0.15) is 25.5 Å². The molecule has 0 fully saturated rings. The average molecular weight is 385 g/mol. The number of aromatic nitrogens is 3. The van der Waals surface area contributed by atoms with Gasteiger partial charge < -0.3 is 9.05 Å². The lowest BCUT2D eigenvalue weighted by atomic mass is 10.1. The lowest BCUT2D eigenvalue weighted by Gasteiger charge is -2.23. The SMILES string of the molecule is CCOP(=O)(CC(c1ccccc1)n1cc(-c2ccccc2)nn1)OCC. The summed E-state index contributed by atoms with van der Waals surface area (Å²) in [4.78, 5) is 0. The Kier molecular flexibility index (Phi) is 6.56. The molecule has 0 N–H and O–H groups in total. The van der Waals surface area contributed by atoms with Crippen molar-refractivity contribution < 1.29 is 13.6 Å². The van der Waals surface area contributed by atoms with Gasteiger partial charge in [0.05, 0.1) is 31.6 Å². The van der Waals surface area contributed by atoms with Crippen molar-refractivity contribution in [3.05, 3.63) is 72.4 Å². The molecule has 0 aliphatic heterocycles. The smallest absolute Gasteiger partial charge is 0.309 e. The van der Waals surface area contributed by atoms with Crippen LogP contribution in [0.5, 0.6) is 0 Å². The molecule has 0 amide bonds. The molecule has 0 radical (unpaired) electrons. The van der Waals surface area contributed by atoms with Gasteiger partial charge in [0.25, 0.3) is 0 Å². The van der Waals surface area contributed by atoms with E-state index in [-0.39, 0.29) is 12.2 Å². The first-order valence-electron chi connectivity index (χ1n) is 9.05. The van der Waals surface area contributed by atoms with Gasteiger partial charge in [-0.1, -0.05) is 65.9 Å². The molecule has 0 spiro atoms. The summed E-state index contributed by atoms with van der Waals surface area (Å²) in [6.45, 7) is 4.27. The van der Waals surface area contributed by atoms with Crippen LogP contribution in [0.2, 0.25) is 0 Å². The molecular formula is C20H24N3O3P. The van der Waals surface area contributed by atoms with E-state index in [0.717, 1.165) is 16.8 Å². The third-order valence-corrected chi connectivity index (χ3v) is 6.23. The Bertz CT molecular complexity index is 874. The fourth-order valence-corrected chi connectivity index (χ4v) is 4.81. The lowest BCUT2D eigenvalue weighted by Crippen LogP contribution is -2.18. The summed E-state index contributed by atoms with van der Waals surface area (Å²) in [6.07, 6.45) is 2.06. The van der Waals surface area contributed by atoms with Crippen molar-refractivity contribution in [2.75, 3.05) is 19.4 Å². The van der Waals surface area contributed by atoms with Crippen LogP contribution >= 0.6 is 7.60 Å². The summed E-state index contributed by atoms with van der Waals surface area (Å²) in [6, 6.07) is 19.3. The quantitative estimate of drug-likeness (QED) is 0.495. The van der Waals surface area contributed by atoms with Crippen LogP contribution in [-0.4, -0.2) is 34.4 Å². The maximum atomic E-state index is 13.1. The summed E-state index contributed by atoms with van der Waals surface area (Å²) in [5, 5.41) is 8.60. The van der Waals surface area contributed by atoms with Crippen molar-refractivity contribution in [1.29, 1.82) is 0 Å². The predicted molar refractivity (Wildman–Crippen MR) is 106 cm³/mol. The highest BCUT2D eigenvalue weighted by Crippen LogP contribution is 2.51. The maximum Gasteiger partial charge on any atom is 0.333 e. The average Bonchev–Trinajstić information content (AvgIpc) is 3.18. The Morgan fingerprint density at radius 3 is 2.15 bits per heavy atom. The van der Waals surface area contributed by atoms with E-state index in [1.54, 1.807) is 4.68 Å². The van der Waals surface area contributed by atoms with Gasteiger partial charge >= 0.3 is 7.60 Å². The molecular weight excluding hydrogens is 361 g/mol. The van der Waals surface area contributed by atoms with E-state index in [1.165, 1.54) is 0 Å². The maximum absolute atomic E-state index is 13.1. The van der Waals surface area contributed by atoms with Crippen LogP contribution in [0, 0.1) is 0 Å². The highest BCUT2D eigenvalue weighted by atomic mass is 31.2. The van der Waals surface area contributed by atoms with Crippen LogP contribution in [0.25, 0.3) is 11.3 Å². The molecule has 0 saturated carbocycles. The van der Waals surface area contributed by atoms with Gasteiger partial charge in [0.15, 0.2) is 0 Å².